The molecule has 0 radical (unpaired) electrons. The fourth-order valence-electron chi connectivity index (χ4n) is 3.43. The minimum Gasteiger partial charge on any atom is -0.490 e. The van der Waals surface area contributed by atoms with E-state index in [1.165, 1.54) is 0 Å². The monoisotopic (exact) mass is 455 g/mol. The van der Waals surface area contributed by atoms with Gasteiger partial charge in [-0.25, -0.2) is 0 Å². The van der Waals surface area contributed by atoms with Crippen LogP contribution >= 0.6 is 15.9 Å². The lowest BCUT2D eigenvalue weighted by Gasteiger charge is -2.35. The van der Waals surface area contributed by atoms with E-state index >= 15 is 0 Å². The Bertz CT molecular complexity index is 679. The highest BCUT2D eigenvalue weighted by Crippen LogP contribution is 2.34. The van der Waals surface area contributed by atoms with Gasteiger partial charge in [0.1, 0.15) is 0 Å². The Kier molecular flexibility index (Phi) is 9.09. The van der Waals surface area contributed by atoms with Gasteiger partial charge < -0.3 is 19.1 Å². The van der Waals surface area contributed by atoms with Crippen molar-refractivity contribution >= 4 is 27.8 Å². The van der Waals surface area contributed by atoms with Crippen LogP contribution in [0, 0.1) is 0 Å². The summed E-state index contributed by atoms with van der Waals surface area (Å²) in [5.74, 6) is 0.663. The second-order valence-electron chi connectivity index (χ2n) is 6.74. The maximum absolute atomic E-state index is 12.5. The van der Waals surface area contributed by atoms with Crippen molar-refractivity contribution in [3.8, 4) is 11.5 Å². The number of ether oxygens (including phenoxy) is 3. The molecule has 1 heterocycles. The fraction of sp³-hybridized carbons (Fsp3) is 0.619. The number of carbonyl (C=O) groups is 2. The van der Waals surface area contributed by atoms with Crippen LogP contribution in [0.3, 0.4) is 0 Å². The Labute approximate surface area is 175 Å². The lowest BCUT2D eigenvalue weighted by atomic mass is 10.00. The summed E-state index contributed by atoms with van der Waals surface area (Å²) in [6.45, 7) is 7.43. The second-order valence-corrected chi connectivity index (χ2v) is 7.59. The van der Waals surface area contributed by atoms with Gasteiger partial charge >= 0.3 is 5.97 Å². The molecule has 0 N–H and O–H groups in total. The topological polar surface area (TPSA) is 65.1 Å². The number of amides is 1. The van der Waals surface area contributed by atoms with Crippen molar-refractivity contribution in [1.29, 1.82) is 0 Å². The Morgan fingerprint density at radius 2 is 1.79 bits per heavy atom. The largest absolute Gasteiger partial charge is 0.490 e. The van der Waals surface area contributed by atoms with Crippen LogP contribution in [0.5, 0.6) is 11.5 Å². The van der Waals surface area contributed by atoms with Crippen LogP contribution in [0.1, 0.15) is 52.0 Å². The Hall–Kier alpha value is -1.76. The van der Waals surface area contributed by atoms with Crippen LogP contribution in [0.25, 0.3) is 0 Å². The SMILES string of the molecule is CCOc1cc(Br)c(CC(=O)OCC(=O)N2CCCCC2CC)cc1OCC. The van der Waals surface area contributed by atoms with E-state index in [0.717, 1.165) is 42.3 Å². The molecular formula is C21H30BrNO5. The standard InChI is InChI=1S/C21H30BrNO5/c1-4-16-9-7-8-10-23(16)20(24)14-28-21(25)12-15-11-18(26-5-2)19(27-6-3)13-17(15)22/h11,13,16H,4-10,12,14H2,1-3H3. The number of esters is 1. The molecule has 1 aliphatic rings. The molecular weight excluding hydrogens is 426 g/mol. The molecule has 1 amide bonds. The van der Waals surface area contributed by atoms with Crippen LogP contribution < -0.4 is 9.47 Å². The highest BCUT2D eigenvalue weighted by Gasteiger charge is 2.26. The van der Waals surface area contributed by atoms with Gasteiger partial charge in [-0.2, -0.15) is 0 Å². The summed E-state index contributed by atoms with van der Waals surface area (Å²) in [5.41, 5.74) is 0.730. The van der Waals surface area contributed by atoms with Gasteiger partial charge in [-0.15, -0.1) is 0 Å². The first-order chi connectivity index (χ1) is 13.5. The summed E-state index contributed by atoms with van der Waals surface area (Å²) in [7, 11) is 0. The first-order valence-corrected chi connectivity index (χ1v) is 10.8. The predicted octanol–water partition coefficient (Wildman–Crippen LogP) is 4.12. The van der Waals surface area contributed by atoms with Crippen LogP contribution in [-0.2, 0) is 20.7 Å². The molecule has 2 rings (SSSR count). The molecule has 0 saturated carbocycles. The third-order valence-electron chi connectivity index (χ3n) is 4.82. The maximum Gasteiger partial charge on any atom is 0.310 e. The fourth-order valence-corrected chi connectivity index (χ4v) is 3.90. The van der Waals surface area contributed by atoms with E-state index in [1.807, 2.05) is 18.7 Å². The zero-order valence-electron chi connectivity index (χ0n) is 17.0. The van der Waals surface area contributed by atoms with Gasteiger partial charge in [0.2, 0.25) is 0 Å². The number of benzene rings is 1. The van der Waals surface area contributed by atoms with Crippen molar-refractivity contribution in [3.05, 3.63) is 22.2 Å². The van der Waals surface area contributed by atoms with Gasteiger partial charge in [-0.05, 0) is 57.2 Å². The molecule has 0 spiro atoms. The van der Waals surface area contributed by atoms with Gasteiger partial charge in [0.25, 0.3) is 5.91 Å². The van der Waals surface area contributed by atoms with Crippen molar-refractivity contribution in [2.75, 3.05) is 26.4 Å². The van der Waals surface area contributed by atoms with Gasteiger partial charge in [0.15, 0.2) is 18.1 Å². The number of hydrogen-bond donors (Lipinski definition) is 0. The summed E-state index contributed by atoms with van der Waals surface area (Å²) in [6.07, 6.45) is 4.16. The minimum absolute atomic E-state index is 0.0531. The highest BCUT2D eigenvalue weighted by atomic mass is 79.9. The molecule has 156 valence electrons. The molecule has 1 atom stereocenters. The number of piperidine rings is 1. The summed E-state index contributed by atoms with van der Waals surface area (Å²) in [6, 6.07) is 3.83. The number of carbonyl (C=O) groups excluding carboxylic acids is 2. The van der Waals surface area contributed by atoms with E-state index in [2.05, 4.69) is 22.9 Å². The molecule has 0 aliphatic carbocycles. The van der Waals surface area contributed by atoms with Crippen LogP contribution in [0.15, 0.2) is 16.6 Å². The highest BCUT2D eigenvalue weighted by molar-refractivity contribution is 9.10. The first-order valence-electron chi connectivity index (χ1n) is 10.0. The van der Waals surface area contributed by atoms with Gasteiger partial charge in [0.05, 0.1) is 19.6 Å². The van der Waals surface area contributed by atoms with Gasteiger partial charge in [-0.3, -0.25) is 9.59 Å². The van der Waals surface area contributed by atoms with Crippen molar-refractivity contribution in [1.82, 2.24) is 4.90 Å². The summed E-state index contributed by atoms with van der Waals surface area (Å²) in [4.78, 5) is 26.6. The normalized spacial score (nSPS) is 16.6. The van der Waals surface area contributed by atoms with Crippen LogP contribution in [-0.4, -0.2) is 49.2 Å². The van der Waals surface area contributed by atoms with E-state index in [-0.39, 0.29) is 25.0 Å². The lowest BCUT2D eigenvalue weighted by Crippen LogP contribution is -2.45. The molecule has 0 bridgehead atoms. The van der Waals surface area contributed by atoms with Gasteiger partial charge in [-0.1, -0.05) is 22.9 Å². The number of hydrogen-bond acceptors (Lipinski definition) is 5. The third kappa shape index (κ3) is 6.12. The van der Waals surface area contributed by atoms with E-state index in [4.69, 9.17) is 14.2 Å². The molecule has 1 aromatic carbocycles. The summed E-state index contributed by atoms with van der Waals surface area (Å²) >= 11 is 3.47. The zero-order chi connectivity index (χ0) is 20.5. The number of halogens is 1. The van der Waals surface area contributed by atoms with Crippen LogP contribution in [0.4, 0.5) is 0 Å². The maximum atomic E-state index is 12.5. The average Bonchev–Trinajstić information content (AvgIpc) is 2.69. The first kappa shape index (κ1) is 22.5. The van der Waals surface area contributed by atoms with Crippen molar-refractivity contribution in [2.24, 2.45) is 0 Å². The quantitative estimate of drug-likeness (QED) is 0.523. The number of nitrogens with zero attached hydrogens (tertiary/aromatic N) is 1. The van der Waals surface area contributed by atoms with Gasteiger partial charge in [0, 0.05) is 17.1 Å². The smallest absolute Gasteiger partial charge is 0.310 e. The number of rotatable bonds is 9. The summed E-state index contributed by atoms with van der Waals surface area (Å²) < 4.78 is 17.2. The van der Waals surface area contributed by atoms with E-state index in [9.17, 15) is 9.59 Å². The van der Waals surface area contributed by atoms with Crippen molar-refractivity contribution < 1.29 is 23.8 Å². The Morgan fingerprint density at radius 3 is 2.43 bits per heavy atom. The molecule has 6 nitrogen and oxygen atoms in total. The Morgan fingerprint density at radius 1 is 1.11 bits per heavy atom. The average molecular weight is 456 g/mol. The molecule has 1 aliphatic heterocycles. The molecule has 1 fully saturated rings. The van der Waals surface area contributed by atoms with E-state index < -0.39 is 5.97 Å². The van der Waals surface area contributed by atoms with E-state index in [0.29, 0.717) is 24.7 Å². The lowest BCUT2D eigenvalue weighted by molar-refractivity contribution is -0.153. The van der Waals surface area contributed by atoms with Crippen molar-refractivity contribution in [3.63, 3.8) is 0 Å². The Balaban J connectivity index is 1.96. The predicted molar refractivity (Wildman–Crippen MR) is 111 cm³/mol. The molecule has 1 aromatic rings. The van der Waals surface area contributed by atoms with Crippen molar-refractivity contribution in [2.45, 2.75) is 58.9 Å². The third-order valence-corrected chi connectivity index (χ3v) is 5.56. The molecule has 28 heavy (non-hydrogen) atoms. The zero-order valence-corrected chi connectivity index (χ0v) is 18.5. The number of likely N-dealkylation sites (tertiary alicyclic amines) is 1. The molecule has 7 heteroatoms. The van der Waals surface area contributed by atoms with Crippen LogP contribution in [0.2, 0.25) is 0 Å². The molecule has 1 saturated heterocycles. The van der Waals surface area contributed by atoms with E-state index in [1.54, 1.807) is 12.1 Å². The second kappa shape index (κ2) is 11.3. The summed E-state index contributed by atoms with van der Waals surface area (Å²) in [5, 5.41) is 0. The molecule has 1 unspecified atom stereocenters. The molecule has 0 aromatic heterocycles. The minimum atomic E-state index is -0.439.